The van der Waals surface area contributed by atoms with E-state index in [9.17, 15) is 9.59 Å². The highest BCUT2D eigenvalue weighted by Crippen LogP contribution is 2.32. The van der Waals surface area contributed by atoms with Crippen LogP contribution < -0.4 is 10.1 Å². The summed E-state index contributed by atoms with van der Waals surface area (Å²) in [5.74, 6) is 0.637. The summed E-state index contributed by atoms with van der Waals surface area (Å²) in [5.41, 5.74) is 3.22. The molecule has 2 aliphatic rings. The van der Waals surface area contributed by atoms with Crippen LogP contribution >= 0.6 is 0 Å². The Morgan fingerprint density at radius 2 is 2.11 bits per heavy atom. The molecule has 1 aromatic heterocycles. The maximum absolute atomic E-state index is 12.9. The first-order valence-corrected chi connectivity index (χ1v) is 9.67. The molecule has 0 saturated carbocycles. The molecule has 1 saturated heterocycles. The van der Waals surface area contributed by atoms with E-state index in [1.807, 2.05) is 36.9 Å². The summed E-state index contributed by atoms with van der Waals surface area (Å²) in [6, 6.07) is 7.62. The summed E-state index contributed by atoms with van der Waals surface area (Å²) in [6.07, 6.45) is 2.39. The Morgan fingerprint density at radius 3 is 2.82 bits per heavy atom. The number of likely N-dealkylation sites (tertiary alicyclic amines) is 1. The smallest absolute Gasteiger partial charge is 0.252 e. The van der Waals surface area contributed by atoms with Crippen molar-refractivity contribution in [3.8, 4) is 5.75 Å². The van der Waals surface area contributed by atoms with Gasteiger partial charge in [0, 0.05) is 24.3 Å². The summed E-state index contributed by atoms with van der Waals surface area (Å²) in [5, 5.41) is 7.60. The molecule has 148 valence electrons. The van der Waals surface area contributed by atoms with E-state index in [1.165, 1.54) is 0 Å². The van der Waals surface area contributed by atoms with Crippen LogP contribution in [0.5, 0.6) is 5.75 Å². The van der Waals surface area contributed by atoms with Crippen molar-refractivity contribution in [2.24, 2.45) is 0 Å². The van der Waals surface area contributed by atoms with Gasteiger partial charge in [-0.15, -0.1) is 0 Å². The zero-order valence-corrected chi connectivity index (χ0v) is 16.6. The minimum atomic E-state index is -0.367. The molecule has 0 aliphatic carbocycles. The normalized spacial score (nSPS) is 21.4. The standard InChI is InChI=1S/C21H26N4O3/c1-14-10-15(2)25(23-14)12-19(26)24-9-8-21(13-24)7-6-16-4-5-17(28-3)11-18(16)20(27)22-21/h4-5,10-11H,6-9,12-13H2,1-3H3,(H,22,27)/t21-/m0/s1. The third kappa shape index (κ3) is 3.37. The van der Waals surface area contributed by atoms with Crippen LogP contribution in [0.1, 0.15) is 40.2 Å². The average Bonchev–Trinajstić information content (AvgIpc) is 3.19. The molecule has 28 heavy (non-hydrogen) atoms. The highest BCUT2D eigenvalue weighted by Gasteiger charge is 2.42. The fraction of sp³-hybridized carbons (Fsp3) is 0.476. The van der Waals surface area contributed by atoms with Gasteiger partial charge in [-0.2, -0.15) is 5.10 Å². The molecule has 1 aromatic carbocycles. The molecule has 0 unspecified atom stereocenters. The van der Waals surface area contributed by atoms with Gasteiger partial charge < -0.3 is 15.0 Å². The van der Waals surface area contributed by atoms with E-state index in [1.54, 1.807) is 17.9 Å². The van der Waals surface area contributed by atoms with E-state index in [0.29, 0.717) is 24.4 Å². The number of hydrogen-bond acceptors (Lipinski definition) is 4. The van der Waals surface area contributed by atoms with Crippen molar-refractivity contribution in [3.63, 3.8) is 0 Å². The van der Waals surface area contributed by atoms with Gasteiger partial charge in [0.05, 0.1) is 18.3 Å². The minimum absolute atomic E-state index is 0.0424. The first kappa shape index (κ1) is 18.5. The molecule has 1 fully saturated rings. The van der Waals surface area contributed by atoms with Gasteiger partial charge in [-0.05, 0) is 56.9 Å². The molecule has 1 spiro atoms. The maximum atomic E-state index is 12.9. The van der Waals surface area contributed by atoms with Gasteiger partial charge in [0.1, 0.15) is 12.3 Å². The molecule has 1 atom stereocenters. The number of nitrogens with zero attached hydrogens (tertiary/aromatic N) is 3. The second kappa shape index (κ2) is 6.96. The second-order valence-electron chi connectivity index (χ2n) is 7.91. The zero-order valence-electron chi connectivity index (χ0n) is 16.6. The van der Waals surface area contributed by atoms with Crippen LogP contribution in [0.3, 0.4) is 0 Å². The summed E-state index contributed by atoms with van der Waals surface area (Å²) in [7, 11) is 1.60. The number of rotatable bonds is 3. The second-order valence-corrected chi connectivity index (χ2v) is 7.91. The predicted molar refractivity (Wildman–Crippen MR) is 104 cm³/mol. The van der Waals surface area contributed by atoms with Crippen LogP contribution in [0.15, 0.2) is 24.3 Å². The number of ether oxygens (including phenoxy) is 1. The van der Waals surface area contributed by atoms with Crippen molar-refractivity contribution in [1.82, 2.24) is 20.0 Å². The summed E-state index contributed by atoms with van der Waals surface area (Å²) < 4.78 is 7.01. The van der Waals surface area contributed by atoms with Gasteiger partial charge in [0.25, 0.3) is 5.91 Å². The largest absolute Gasteiger partial charge is 0.497 e. The monoisotopic (exact) mass is 382 g/mol. The van der Waals surface area contributed by atoms with Gasteiger partial charge in [0.15, 0.2) is 0 Å². The highest BCUT2D eigenvalue weighted by atomic mass is 16.5. The van der Waals surface area contributed by atoms with Gasteiger partial charge >= 0.3 is 0 Å². The van der Waals surface area contributed by atoms with E-state index in [2.05, 4.69) is 10.4 Å². The van der Waals surface area contributed by atoms with Gasteiger partial charge in [-0.3, -0.25) is 14.3 Å². The van der Waals surface area contributed by atoms with E-state index in [0.717, 1.165) is 36.2 Å². The molecule has 0 radical (unpaired) electrons. The number of amides is 2. The number of carbonyl (C=O) groups is 2. The Hall–Kier alpha value is -2.83. The van der Waals surface area contributed by atoms with Crippen molar-refractivity contribution in [1.29, 1.82) is 0 Å². The number of carbonyl (C=O) groups excluding carboxylic acids is 2. The van der Waals surface area contributed by atoms with E-state index < -0.39 is 0 Å². The summed E-state index contributed by atoms with van der Waals surface area (Å²) in [4.78, 5) is 27.5. The van der Waals surface area contributed by atoms with Crippen LogP contribution in [0, 0.1) is 13.8 Å². The number of aryl methyl sites for hydroxylation is 3. The SMILES string of the molecule is COc1ccc2c(c1)C(=O)N[C@@]1(CC2)CCN(C(=O)Cn2nc(C)cc2C)C1. The van der Waals surface area contributed by atoms with Crippen molar-refractivity contribution in [2.75, 3.05) is 20.2 Å². The van der Waals surface area contributed by atoms with Crippen LogP contribution in [0.25, 0.3) is 0 Å². The Labute approximate surface area is 164 Å². The topological polar surface area (TPSA) is 76.5 Å². The molecular weight excluding hydrogens is 356 g/mol. The predicted octanol–water partition coefficient (Wildman–Crippen LogP) is 1.86. The van der Waals surface area contributed by atoms with Crippen LogP contribution in [0.4, 0.5) is 0 Å². The lowest BCUT2D eigenvalue weighted by molar-refractivity contribution is -0.131. The number of benzene rings is 1. The van der Waals surface area contributed by atoms with Crippen LogP contribution in [-0.4, -0.2) is 52.2 Å². The van der Waals surface area contributed by atoms with Gasteiger partial charge in [0.2, 0.25) is 5.91 Å². The summed E-state index contributed by atoms with van der Waals surface area (Å²) in [6.45, 7) is 5.31. The lowest BCUT2D eigenvalue weighted by Crippen LogP contribution is -2.50. The molecule has 1 N–H and O–H groups in total. The number of nitrogens with one attached hydrogen (secondary N) is 1. The minimum Gasteiger partial charge on any atom is -0.497 e. The van der Waals surface area contributed by atoms with E-state index in [-0.39, 0.29) is 23.9 Å². The molecule has 7 nitrogen and oxygen atoms in total. The Balaban J connectivity index is 1.48. The third-order valence-electron chi connectivity index (χ3n) is 5.91. The Kier molecular flexibility index (Phi) is 4.61. The molecule has 7 heteroatoms. The molecule has 0 bridgehead atoms. The molecule has 2 aliphatic heterocycles. The Bertz CT molecular complexity index is 936. The molecule has 2 amide bonds. The number of fused-ring (bicyclic) bond motifs is 1. The molecule has 2 aromatic rings. The lowest BCUT2D eigenvalue weighted by atomic mass is 9.91. The van der Waals surface area contributed by atoms with Crippen molar-refractivity contribution >= 4 is 11.8 Å². The first-order chi connectivity index (χ1) is 13.4. The Morgan fingerprint density at radius 1 is 1.29 bits per heavy atom. The quantitative estimate of drug-likeness (QED) is 0.879. The zero-order chi connectivity index (χ0) is 19.9. The van der Waals surface area contributed by atoms with Gasteiger partial charge in [-0.1, -0.05) is 6.07 Å². The van der Waals surface area contributed by atoms with E-state index >= 15 is 0 Å². The number of aromatic nitrogens is 2. The molecule has 3 heterocycles. The number of methoxy groups -OCH3 is 1. The third-order valence-corrected chi connectivity index (χ3v) is 5.91. The molecular formula is C21H26N4O3. The van der Waals surface area contributed by atoms with Crippen molar-refractivity contribution in [2.45, 2.75) is 45.2 Å². The summed E-state index contributed by atoms with van der Waals surface area (Å²) >= 11 is 0. The van der Waals surface area contributed by atoms with Crippen LogP contribution in [-0.2, 0) is 17.8 Å². The fourth-order valence-corrected chi connectivity index (χ4v) is 4.31. The lowest BCUT2D eigenvalue weighted by Gasteiger charge is -2.29. The first-order valence-electron chi connectivity index (χ1n) is 9.67. The van der Waals surface area contributed by atoms with Crippen LogP contribution in [0.2, 0.25) is 0 Å². The van der Waals surface area contributed by atoms with Gasteiger partial charge in [-0.25, -0.2) is 0 Å². The molecule has 4 rings (SSSR count). The fourth-order valence-electron chi connectivity index (χ4n) is 4.31. The average molecular weight is 382 g/mol. The highest BCUT2D eigenvalue weighted by molar-refractivity contribution is 5.97. The van der Waals surface area contributed by atoms with E-state index in [4.69, 9.17) is 4.74 Å². The van der Waals surface area contributed by atoms with Crippen molar-refractivity contribution < 1.29 is 14.3 Å². The maximum Gasteiger partial charge on any atom is 0.252 e. The number of hydrogen-bond donors (Lipinski definition) is 1. The van der Waals surface area contributed by atoms with Crippen molar-refractivity contribution in [3.05, 3.63) is 46.8 Å².